The van der Waals surface area contributed by atoms with Crippen LogP contribution in [0.1, 0.15) is 15.2 Å². The molecule has 0 aliphatic rings. The van der Waals surface area contributed by atoms with E-state index >= 15 is 0 Å². The molecule has 0 saturated heterocycles. The van der Waals surface area contributed by atoms with Crippen LogP contribution >= 0.6 is 11.3 Å². The normalized spacial score (nSPS) is 10.6. The number of nitrogens with one attached hydrogen (secondary N) is 2. The van der Waals surface area contributed by atoms with Crippen LogP contribution in [-0.2, 0) is 10.0 Å². The van der Waals surface area contributed by atoms with Crippen molar-refractivity contribution in [1.82, 2.24) is 10.0 Å². The lowest BCUT2D eigenvalue weighted by Gasteiger charge is -2.04. The highest BCUT2D eigenvalue weighted by Gasteiger charge is 2.10. The van der Waals surface area contributed by atoms with Gasteiger partial charge in [0.25, 0.3) is 5.91 Å². The third-order valence-corrected chi connectivity index (χ3v) is 4.35. The summed E-state index contributed by atoms with van der Waals surface area (Å²) in [7, 11) is -1.97. The zero-order valence-electron chi connectivity index (χ0n) is 10.4. The van der Waals surface area contributed by atoms with Gasteiger partial charge in [-0.05, 0) is 13.1 Å². The molecule has 0 aliphatic carbocycles. The lowest BCUT2D eigenvalue weighted by Crippen LogP contribution is -2.32. The van der Waals surface area contributed by atoms with Crippen LogP contribution in [0.5, 0.6) is 0 Å². The molecule has 0 atom stereocenters. The van der Waals surface area contributed by atoms with Crippen LogP contribution in [0.3, 0.4) is 0 Å². The Morgan fingerprint density at radius 2 is 2.26 bits per heavy atom. The van der Waals surface area contributed by atoms with Crippen LogP contribution in [0.15, 0.2) is 11.4 Å². The monoisotopic (exact) mass is 301 g/mol. The Hall–Kier alpha value is -1.40. The Balaban J connectivity index is 2.52. The summed E-state index contributed by atoms with van der Waals surface area (Å²) in [6, 6.07) is 1.65. The van der Waals surface area contributed by atoms with Crippen molar-refractivity contribution in [2.45, 2.75) is 0 Å². The second kappa shape index (κ2) is 7.25. The van der Waals surface area contributed by atoms with Crippen molar-refractivity contribution in [2.24, 2.45) is 5.73 Å². The van der Waals surface area contributed by atoms with Gasteiger partial charge in [-0.15, -0.1) is 11.3 Å². The van der Waals surface area contributed by atoms with E-state index in [0.717, 1.165) is 4.88 Å². The van der Waals surface area contributed by atoms with Crippen molar-refractivity contribution < 1.29 is 13.2 Å². The number of amides is 1. The first-order chi connectivity index (χ1) is 8.98. The van der Waals surface area contributed by atoms with Gasteiger partial charge in [-0.1, -0.05) is 11.8 Å². The standard InChI is InChI=1S/C11H15N3O3S2/c1-13-19(16,17)6-5-14-11(15)9-7-10(18-8-9)3-2-4-12/h7-8,13H,4-6,12H2,1H3,(H,14,15). The molecule has 0 saturated carbocycles. The molecule has 4 N–H and O–H groups in total. The van der Waals surface area contributed by atoms with Crippen molar-refractivity contribution >= 4 is 27.3 Å². The summed E-state index contributed by atoms with van der Waals surface area (Å²) in [6.45, 7) is 0.322. The Kier molecular flexibility index (Phi) is 5.98. The lowest BCUT2D eigenvalue weighted by molar-refractivity contribution is 0.0956. The number of nitrogens with two attached hydrogens (primary N) is 1. The number of hydrogen-bond donors (Lipinski definition) is 3. The summed E-state index contributed by atoms with van der Waals surface area (Å²) >= 11 is 1.34. The number of carbonyl (C=O) groups excluding carboxylic acids is 1. The van der Waals surface area contributed by atoms with Crippen molar-refractivity contribution in [3.05, 3.63) is 21.9 Å². The highest BCUT2D eigenvalue weighted by molar-refractivity contribution is 7.89. The molecule has 8 heteroatoms. The first-order valence-corrected chi connectivity index (χ1v) is 7.98. The molecule has 104 valence electrons. The predicted molar refractivity (Wildman–Crippen MR) is 75.4 cm³/mol. The summed E-state index contributed by atoms with van der Waals surface area (Å²) in [5.74, 6) is 5.05. The van der Waals surface area contributed by atoms with Crippen LogP contribution in [0.4, 0.5) is 0 Å². The summed E-state index contributed by atoms with van der Waals surface area (Å²) in [4.78, 5) is 12.5. The number of hydrogen-bond acceptors (Lipinski definition) is 5. The molecule has 1 heterocycles. The van der Waals surface area contributed by atoms with Crippen LogP contribution in [-0.4, -0.2) is 40.2 Å². The fourth-order valence-electron chi connectivity index (χ4n) is 1.16. The Bertz CT molecular complexity index is 596. The third-order valence-electron chi connectivity index (χ3n) is 2.14. The van der Waals surface area contributed by atoms with Gasteiger partial charge in [0.05, 0.1) is 22.7 Å². The number of rotatable bonds is 5. The molecule has 0 unspecified atom stereocenters. The van der Waals surface area contributed by atoms with Crippen molar-refractivity contribution in [2.75, 3.05) is 25.9 Å². The van der Waals surface area contributed by atoms with Crippen LogP contribution in [0.25, 0.3) is 0 Å². The topological polar surface area (TPSA) is 101 Å². The molecule has 0 bridgehead atoms. The van der Waals surface area contributed by atoms with Gasteiger partial charge in [0, 0.05) is 11.9 Å². The molecule has 1 aromatic rings. The molecule has 0 aromatic carbocycles. The molecule has 0 fully saturated rings. The molecule has 1 rings (SSSR count). The van der Waals surface area contributed by atoms with Crippen LogP contribution in [0.2, 0.25) is 0 Å². The number of carbonyl (C=O) groups is 1. The van der Waals surface area contributed by atoms with Gasteiger partial charge in [-0.25, -0.2) is 13.1 Å². The van der Waals surface area contributed by atoms with E-state index in [2.05, 4.69) is 21.9 Å². The molecule has 1 amide bonds. The van der Waals surface area contributed by atoms with E-state index < -0.39 is 10.0 Å². The van der Waals surface area contributed by atoms with E-state index in [1.54, 1.807) is 11.4 Å². The van der Waals surface area contributed by atoms with Gasteiger partial charge >= 0.3 is 0 Å². The predicted octanol–water partition coefficient (Wildman–Crippen LogP) is -0.663. The summed E-state index contributed by atoms with van der Waals surface area (Å²) < 4.78 is 24.5. The smallest absolute Gasteiger partial charge is 0.252 e. The summed E-state index contributed by atoms with van der Waals surface area (Å²) in [5, 5.41) is 4.20. The fraction of sp³-hybridized carbons (Fsp3) is 0.364. The van der Waals surface area contributed by atoms with Crippen LogP contribution in [0, 0.1) is 11.8 Å². The van der Waals surface area contributed by atoms with Gasteiger partial charge in [-0.3, -0.25) is 4.79 Å². The minimum atomic E-state index is -3.30. The Morgan fingerprint density at radius 1 is 1.53 bits per heavy atom. The van der Waals surface area contributed by atoms with Crippen molar-refractivity contribution in [3.8, 4) is 11.8 Å². The van der Waals surface area contributed by atoms with Crippen molar-refractivity contribution in [1.29, 1.82) is 0 Å². The van der Waals surface area contributed by atoms with Gasteiger partial charge in [0.1, 0.15) is 0 Å². The minimum Gasteiger partial charge on any atom is -0.351 e. The average Bonchev–Trinajstić information content (AvgIpc) is 2.85. The molecule has 19 heavy (non-hydrogen) atoms. The maximum absolute atomic E-state index is 11.7. The van der Waals surface area contributed by atoms with E-state index in [1.165, 1.54) is 18.4 Å². The highest BCUT2D eigenvalue weighted by Crippen LogP contribution is 2.13. The van der Waals surface area contributed by atoms with Gasteiger partial charge < -0.3 is 11.1 Å². The lowest BCUT2D eigenvalue weighted by atomic mass is 10.3. The molecule has 0 radical (unpaired) electrons. The maximum atomic E-state index is 11.7. The van der Waals surface area contributed by atoms with E-state index in [9.17, 15) is 13.2 Å². The molecule has 0 aliphatic heterocycles. The largest absolute Gasteiger partial charge is 0.351 e. The summed E-state index contributed by atoms with van der Waals surface area (Å²) in [5.41, 5.74) is 5.72. The number of sulfonamides is 1. The molecular weight excluding hydrogens is 286 g/mol. The molecule has 6 nitrogen and oxygen atoms in total. The highest BCUT2D eigenvalue weighted by atomic mass is 32.2. The van der Waals surface area contributed by atoms with Crippen molar-refractivity contribution in [3.63, 3.8) is 0 Å². The van der Waals surface area contributed by atoms with E-state index in [4.69, 9.17) is 5.73 Å². The molecular formula is C11H15N3O3S2. The van der Waals surface area contributed by atoms with Crippen LogP contribution < -0.4 is 15.8 Å². The molecule has 0 spiro atoms. The second-order valence-electron chi connectivity index (χ2n) is 3.48. The quantitative estimate of drug-likeness (QED) is 0.628. The van der Waals surface area contributed by atoms with E-state index in [-0.39, 0.29) is 24.7 Å². The first kappa shape index (κ1) is 15.7. The SMILES string of the molecule is CNS(=O)(=O)CCNC(=O)c1csc(C#CCN)c1. The van der Waals surface area contributed by atoms with E-state index in [1.807, 2.05) is 0 Å². The third kappa shape index (κ3) is 5.40. The fourth-order valence-corrected chi connectivity index (χ4v) is 2.49. The Labute approximate surface area is 116 Å². The van der Waals surface area contributed by atoms with Gasteiger partial charge in [0.15, 0.2) is 0 Å². The van der Waals surface area contributed by atoms with E-state index in [0.29, 0.717) is 5.56 Å². The molecule has 1 aromatic heterocycles. The second-order valence-corrected chi connectivity index (χ2v) is 6.44. The minimum absolute atomic E-state index is 0.0572. The van der Waals surface area contributed by atoms with Gasteiger partial charge in [-0.2, -0.15) is 0 Å². The maximum Gasteiger partial charge on any atom is 0.252 e. The zero-order valence-corrected chi connectivity index (χ0v) is 12.0. The first-order valence-electron chi connectivity index (χ1n) is 5.45. The van der Waals surface area contributed by atoms with Gasteiger partial charge in [0.2, 0.25) is 10.0 Å². The Morgan fingerprint density at radius 3 is 2.89 bits per heavy atom. The zero-order chi connectivity index (χ0) is 14.3. The average molecular weight is 301 g/mol. The summed E-state index contributed by atoms with van der Waals surface area (Å²) in [6.07, 6.45) is 0. The number of thiophene rings is 1.